The van der Waals surface area contributed by atoms with Crippen molar-refractivity contribution in [2.24, 2.45) is 0 Å². The summed E-state index contributed by atoms with van der Waals surface area (Å²) in [4.78, 5) is 2.35. The summed E-state index contributed by atoms with van der Waals surface area (Å²) in [5.41, 5.74) is 5.26. The molecule has 2 aromatic heterocycles. The second-order valence-electron chi connectivity index (χ2n) is 6.38. The minimum atomic E-state index is 0.350. The lowest BCUT2D eigenvalue weighted by Gasteiger charge is -2.28. The summed E-state index contributed by atoms with van der Waals surface area (Å²) in [7, 11) is 0. The Morgan fingerprint density at radius 3 is 2.54 bits per heavy atom. The maximum absolute atomic E-state index is 5.42. The van der Waals surface area contributed by atoms with Gasteiger partial charge in [-0.25, -0.2) is 0 Å². The molecule has 0 spiro atoms. The van der Waals surface area contributed by atoms with Crippen molar-refractivity contribution in [1.29, 1.82) is 0 Å². The molecule has 1 fully saturated rings. The highest BCUT2D eigenvalue weighted by molar-refractivity contribution is 5.78. The third-order valence-corrected chi connectivity index (χ3v) is 4.43. The number of anilines is 1. The number of hydrogen-bond acceptors (Lipinski definition) is 5. The first-order valence-electron chi connectivity index (χ1n) is 8.36. The van der Waals surface area contributed by atoms with E-state index in [1.807, 2.05) is 0 Å². The summed E-state index contributed by atoms with van der Waals surface area (Å²) in [6.07, 6.45) is 1.66. The molecule has 0 bridgehead atoms. The molecule has 1 aliphatic rings. The predicted octanol–water partition coefficient (Wildman–Crippen LogP) is 2.75. The number of benzene rings is 1. The normalized spacial score (nSPS) is 15.4. The summed E-state index contributed by atoms with van der Waals surface area (Å²) in [6.45, 7) is 7.77. The van der Waals surface area contributed by atoms with Gasteiger partial charge in [-0.15, -0.1) is 10.2 Å². The Hall–Kier alpha value is -2.47. The molecule has 1 aliphatic heterocycles. The zero-order valence-corrected chi connectivity index (χ0v) is 14.0. The lowest BCUT2D eigenvalue weighted by atomic mass is 10.0. The molecular weight excluding hydrogens is 302 g/mol. The van der Waals surface area contributed by atoms with Crippen molar-refractivity contribution in [3.8, 4) is 11.1 Å². The third-order valence-electron chi connectivity index (χ3n) is 4.43. The fraction of sp³-hybridized carbons (Fsp3) is 0.389. The van der Waals surface area contributed by atoms with Crippen LogP contribution >= 0.6 is 0 Å². The summed E-state index contributed by atoms with van der Waals surface area (Å²) in [6, 6.07) is 10.8. The second kappa shape index (κ2) is 6.20. The van der Waals surface area contributed by atoms with Gasteiger partial charge >= 0.3 is 0 Å². The van der Waals surface area contributed by atoms with Crippen LogP contribution < -0.4 is 4.90 Å². The molecule has 4 rings (SSSR count). The topological polar surface area (TPSA) is 55.5 Å². The van der Waals surface area contributed by atoms with Gasteiger partial charge in [0, 0.05) is 24.3 Å². The van der Waals surface area contributed by atoms with Crippen molar-refractivity contribution in [1.82, 2.24) is 19.8 Å². The van der Waals surface area contributed by atoms with Crippen molar-refractivity contribution >= 4 is 11.3 Å². The Morgan fingerprint density at radius 2 is 1.83 bits per heavy atom. The van der Waals surface area contributed by atoms with Crippen LogP contribution in [0.5, 0.6) is 0 Å². The maximum atomic E-state index is 5.42. The molecule has 3 heterocycles. The van der Waals surface area contributed by atoms with Gasteiger partial charge in [-0.1, -0.05) is 26.0 Å². The van der Waals surface area contributed by atoms with Gasteiger partial charge in [0.2, 0.25) is 0 Å². The number of nitrogens with zero attached hydrogens (tertiary/aromatic N) is 5. The first-order valence-corrected chi connectivity index (χ1v) is 8.36. The molecule has 0 aliphatic carbocycles. The van der Waals surface area contributed by atoms with E-state index in [0.29, 0.717) is 5.92 Å². The molecule has 0 N–H and O–H groups in total. The highest BCUT2D eigenvalue weighted by Crippen LogP contribution is 2.28. The molecular formula is C18H21N5O. The molecule has 0 atom stereocenters. The number of ether oxygens (including phenoxy) is 1. The maximum Gasteiger partial charge on any atom is 0.185 e. The van der Waals surface area contributed by atoms with Crippen LogP contribution in [0.4, 0.5) is 5.69 Å². The Bertz CT molecular complexity index is 834. The van der Waals surface area contributed by atoms with E-state index in [4.69, 9.17) is 4.74 Å². The molecule has 3 aromatic rings. The van der Waals surface area contributed by atoms with Crippen LogP contribution in [-0.2, 0) is 4.74 Å². The predicted molar refractivity (Wildman–Crippen MR) is 93.3 cm³/mol. The molecule has 6 nitrogen and oxygen atoms in total. The number of rotatable bonds is 3. The average molecular weight is 323 g/mol. The molecule has 0 saturated carbocycles. The zero-order chi connectivity index (χ0) is 16.5. The van der Waals surface area contributed by atoms with Crippen LogP contribution in [0.15, 0.2) is 36.7 Å². The van der Waals surface area contributed by atoms with Crippen molar-refractivity contribution in [2.75, 3.05) is 31.2 Å². The molecule has 1 saturated heterocycles. The molecule has 124 valence electrons. The summed E-state index contributed by atoms with van der Waals surface area (Å²) >= 11 is 0. The fourth-order valence-electron chi connectivity index (χ4n) is 3.01. The van der Waals surface area contributed by atoms with Gasteiger partial charge in [0.1, 0.15) is 6.33 Å². The SMILES string of the molecule is CC(C)c1cc(-c2ccc(N3CCOCC3)cc2)c2nncn2n1. The van der Waals surface area contributed by atoms with Gasteiger partial charge in [0.25, 0.3) is 0 Å². The van der Waals surface area contributed by atoms with Crippen molar-refractivity contribution < 1.29 is 4.74 Å². The van der Waals surface area contributed by atoms with E-state index in [0.717, 1.165) is 48.8 Å². The van der Waals surface area contributed by atoms with Crippen molar-refractivity contribution in [2.45, 2.75) is 19.8 Å². The summed E-state index contributed by atoms with van der Waals surface area (Å²) in [5, 5.41) is 12.8. The fourth-order valence-corrected chi connectivity index (χ4v) is 3.01. The Labute approximate surface area is 141 Å². The number of morpholine rings is 1. The minimum absolute atomic E-state index is 0.350. The van der Waals surface area contributed by atoms with E-state index in [-0.39, 0.29) is 0 Å². The van der Waals surface area contributed by atoms with Gasteiger partial charge in [-0.05, 0) is 29.7 Å². The van der Waals surface area contributed by atoms with Gasteiger partial charge in [-0.2, -0.15) is 9.61 Å². The van der Waals surface area contributed by atoms with Crippen LogP contribution in [0.2, 0.25) is 0 Å². The molecule has 0 unspecified atom stereocenters. The van der Waals surface area contributed by atoms with Crippen molar-refractivity contribution in [3.05, 3.63) is 42.4 Å². The first-order chi connectivity index (χ1) is 11.7. The van der Waals surface area contributed by atoms with Crippen LogP contribution in [0.25, 0.3) is 16.8 Å². The zero-order valence-electron chi connectivity index (χ0n) is 14.0. The third kappa shape index (κ3) is 2.73. The first kappa shape index (κ1) is 15.1. The van der Waals surface area contributed by atoms with Gasteiger partial charge in [0.15, 0.2) is 5.65 Å². The Morgan fingerprint density at radius 1 is 1.08 bits per heavy atom. The molecule has 0 amide bonds. The molecule has 1 aromatic carbocycles. The number of fused-ring (bicyclic) bond motifs is 1. The van der Waals surface area contributed by atoms with E-state index in [1.165, 1.54) is 5.69 Å². The van der Waals surface area contributed by atoms with Crippen LogP contribution in [-0.4, -0.2) is 46.1 Å². The lowest BCUT2D eigenvalue weighted by molar-refractivity contribution is 0.122. The van der Waals surface area contributed by atoms with Crippen LogP contribution in [0, 0.1) is 0 Å². The molecule has 24 heavy (non-hydrogen) atoms. The van der Waals surface area contributed by atoms with Gasteiger partial charge in [-0.3, -0.25) is 0 Å². The highest BCUT2D eigenvalue weighted by atomic mass is 16.5. The lowest BCUT2D eigenvalue weighted by Crippen LogP contribution is -2.36. The Balaban J connectivity index is 1.72. The Kier molecular flexibility index (Phi) is 3.90. The van der Waals surface area contributed by atoms with E-state index in [2.05, 4.69) is 64.4 Å². The van der Waals surface area contributed by atoms with Crippen molar-refractivity contribution in [3.63, 3.8) is 0 Å². The van der Waals surface area contributed by atoms with Crippen LogP contribution in [0.3, 0.4) is 0 Å². The van der Waals surface area contributed by atoms with E-state index in [1.54, 1.807) is 10.8 Å². The number of aromatic nitrogens is 4. The molecule has 0 radical (unpaired) electrons. The molecule has 6 heteroatoms. The van der Waals surface area contributed by atoms with Gasteiger partial charge < -0.3 is 9.64 Å². The monoisotopic (exact) mass is 323 g/mol. The standard InChI is InChI=1S/C18H21N5O/c1-13(2)17-11-16(18-20-19-12-23(18)21-17)14-3-5-15(6-4-14)22-7-9-24-10-8-22/h3-6,11-13H,7-10H2,1-2H3. The van der Waals surface area contributed by atoms with Crippen LogP contribution in [0.1, 0.15) is 25.5 Å². The summed E-state index contributed by atoms with van der Waals surface area (Å²) < 4.78 is 7.19. The second-order valence-corrected chi connectivity index (χ2v) is 6.38. The minimum Gasteiger partial charge on any atom is -0.378 e. The largest absolute Gasteiger partial charge is 0.378 e. The van der Waals surface area contributed by atoms with E-state index in [9.17, 15) is 0 Å². The van der Waals surface area contributed by atoms with Gasteiger partial charge in [0.05, 0.1) is 18.9 Å². The van der Waals surface area contributed by atoms with E-state index >= 15 is 0 Å². The smallest absolute Gasteiger partial charge is 0.185 e. The number of hydrogen-bond donors (Lipinski definition) is 0. The highest BCUT2D eigenvalue weighted by Gasteiger charge is 2.14. The summed E-state index contributed by atoms with van der Waals surface area (Å²) in [5.74, 6) is 0.350. The van der Waals surface area contributed by atoms with E-state index < -0.39 is 0 Å². The average Bonchev–Trinajstić information content (AvgIpc) is 3.10. The quantitative estimate of drug-likeness (QED) is 0.742.